The first-order valence-corrected chi connectivity index (χ1v) is 13.6. The summed E-state index contributed by atoms with van der Waals surface area (Å²) < 4.78 is 12.1. The molecule has 0 aromatic heterocycles. The van der Waals surface area contributed by atoms with Crippen molar-refractivity contribution in [2.45, 2.75) is 129 Å². The highest BCUT2D eigenvalue weighted by atomic mass is 16.6. The molecule has 5 saturated carbocycles. The van der Waals surface area contributed by atoms with Gasteiger partial charge in [-0.1, -0.05) is 25.8 Å². The molecule has 0 radical (unpaired) electrons. The Balaban J connectivity index is 0.000000155. The van der Waals surface area contributed by atoms with Gasteiger partial charge in [0.25, 0.3) is 0 Å². The normalized spacial score (nSPS) is 40.7. The molecular formula is C29H48O3. The van der Waals surface area contributed by atoms with Crippen molar-refractivity contribution in [3.05, 3.63) is 12.3 Å². The van der Waals surface area contributed by atoms with E-state index in [-0.39, 0.29) is 22.6 Å². The monoisotopic (exact) mass is 444 g/mol. The first-order valence-electron chi connectivity index (χ1n) is 13.6. The number of hydrogen-bond donors (Lipinski definition) is 0. The van der Waals surface area contributed by atoms with Gasteiger partial charge in [-0.15, -0.1) is 0 Å². The van der Waals surface area contributed by atoms with Crippen molar-refractivity contribution in [3.8, 4) is 0 Å². The molecule has 5 aliphatic carbocycles. The van der Waals surface area contributed by atoms with Crippen molar-refractivity contribution >= 4 is 5.97 Å². The van der Waals surface area contributed by atoms with Crippen LogP contribution in [0.2, 0.25) is 0 Å². The van der Waals surface area contributed by atoms with Gasteiger partial charge in [0.2, 0.25) is 0 Å². The number of carbonyl (C=O) groups is 1. The van der Waals surface area contributed by atoms with Crippen molar-refractivity contribution < 1.29 is 14.3 Å². The van der Waals surface area contributed by atoms with Crippen LogP contribution in [0.25, 0.3) is 0 Å². The maximum absolute atomic E-state index is 11.9. The fourth-order valence-electron chi connectivity index (χ4n) is 7.53. The van der Waals surface area contributed by atoms with E-state index in [1.807, 2.05) is 20.8 Å². The van der Waals surface area contributed by atoms with E-state index in [2.05, 4.69) is 20.4 Å². The molecule has 0 saturated heterocycles. The Labute approximate surface area is 197 Å². The van der Waals surface area contributed by atoms with Gasteiger partial charge >= 0.3 is 5.97 Å². The molecule has 4 bridgehead atoms. The Morgan fingerprint density at radius 1 is 0.781 bits per heavy atom. The third kappa shape index (κ3) is 5.07. The lowest BCUT2D eigenvalue weighted by molar-refractivity contribution is -0.173. The van der Waals surface area contributed by atoms with Crippen molar-refractivity contribution in [1.29, 1.82) is 0 Å². The van der Waals surface area contributed by atoms with Gasteiger partial charge in [-0.2, -0.15) is 0 Å². The molecule has 0 N–H and O–H groups in total. The molecule has 0 aromatic carbocycles. The van der Waals surface area contributed by atoms with Crippen molar-refractivity contribution in [2.75, 3.05) is 0 Å². The van der Waals surface area contributed by atoms with Crippen LogP contribution in [0.3, 0.4) is 0 Å². The topological polar surface area (TPSA) is 35.5 Å². The zero-order valence-electron chi connectivity index (χ0n) is 21.5. The van der Waals surface area contributed by atoms with Gasteiger partial charge in [0, 0.05) is 5.92 Å². The summed E-state index contributed by atoms with van der Waals surface area (Å²) in [5.74, 6) is 4.91. The molecule has 6 unspecified atom stereocenters. The highest BCUT2D eigenvalue weighted by Gasteiger charge is 2.52. The Morgan fingerprint density at radius 3 is 1.69 bits per heavy atom. The molecule has 6 atom stereocenters. The standard InChI is InChI=1S/C16H26O.C13H22O2/c1-12(14-6-4-3-5-7-14)17-16(2)11-13-8-9-15(16)10-13;1-12(2,3)11(14)15-13(4)8-9-5-6-10(13)7-9/h13-15H,1,3-11H2,2H3;9-10H,5-8H2,1-4H3. The molecule has 0 spiro atoms. The smallest absolute Gasteiger partial charge is 0.311 e. The van der Waals surface area contributed by atoms with Crippen molar-refractivity contribution in [3.63, 3.8) is 0 Å². The Bertz CT molecular complexity index is 700. The second-order valence-corrected chi connectivity index (χ2v) is 13.3. The molecule has 0 amide bonds. The average molecular weight is 445 g/mol. The second-order valence-electron chi connectivity index (χ2n) is 13.3. The molecule has 0 aliphatic heterocycles. The van der Waals surface area contributed by atoms with Gasteiger partial charge in [-0.3, -0.25) is 4.79 Å². The average Bonchev–Trinajstić information content (AvgIpc) is 3.49. The van der Waals surface area contributed by atoms with Crippen LogP contribution in [-0.4, -0.2) is 17.2 Å². The third-order valence-corrected chi connectivity index (χ3v) is 9.56. The number of esters is 1. The first kappa shape index (κ1) is 24.1. The van der Waals surface area contributed by atoms with Crippen LogP contribution in [0.1, 0.15) is 118 Å². The summed E-state index contributed by atoms with van der Waals surface area (Å²) in [4.78, 5) is 11.9. The minimum atomic E-state index is -0.370. The van der Waals surface area contributed by atoms with Gasteiger partial charge in [0.15, 0.2) is 0 Å². The van der Waals surface area contributed by atoms with Crippen LogP contribution >= 0.6 is 0 Å². The highest BCUT2D eigenvalue weighted by molar-refractivity contribution is 5.75. The van der Waals surface area contributed by atoms with E-state index in [0.717, 1.165) is 29.9 Å². The van der Waals surface area contributed by atoms with Crippen LogP contribution in [0.15, 0.2) is 12.3 Å². The van der Waals surface area contributed by atoms with Crippen LogP contribution in [0.4, 0.5) is 0 Å². The van der Waals surface area contributed by atoms with Gasteiger partial charge < -0.3 is 9.47 Å². The van der Waals surface area contributed by atoms with E-state index >= 15 is 0 Å². The summed E-state index contributed by atoms with van der Waals surface area (Å²) in [6.45, 7) is 14.5. The number of rotatable bonds is 4. The largest absolute Gasteiger partial charge is 0.492 e. The molecule has 32 heavy (non-hydrogen) atoms. The number of allylic oxidation sites excluding steroid dienone is 1. The number of carbonyl (C=O) groups excluding carboxylic acids is 1. The van der Waals surface area contributed by atoms with E-state index < -0.39 is 0 Å². The third-order valence-electron chi connectivity index (χ3n) is 9.56. The lowest BCUT2D eigenvalue weighted by atomic mass is 9.84. The minimum Gasteiger partial charge on any atom is -0.492 e. The Morgan fingerprint density at radius 2 is 1.28 bits per heavy atom. The van der Waals surface area contributed by atoms with E-state index in [0.29, 0.717) is 11.8 Å². The quantitative estimate of drug-likeness (QED) is 0.327. The van der Waals surface area contributed by atoms with Gasteiger partial charge in [0.1, 0.15) is 11.2 Å². The Kier molecular flexibility index (Phi) is 6.78. The number of hydrogen-bond acceptors (Lipinski definition) is 3. The lowest BCUT2D eigenvalue weighted by Crippen LogP contribution is -2.40. The molecule has 5 aliphatic rings. The molecule has 0 aromatic rings. The van der Waals surface area contributed by atoms with E-state index in [1.54, 1.807) is 0 Å². The van der Waals surface area contributed by atoms with Crippen LogP contribution in [-0.2, 0) is 14.3 Å². The molecule has 182 valence electrons. The molecule has 3 heteroatoms. The molecule has 3 nitrogen and oxygen atoms in total. The fourth-order valence-corrected chi connectivity index (χ4v) is 7.53. The summed E-state index contributed by atoms with van der Waals surface area (Å²) in [5, 5.41) is 0. The van der Waals surface area contributed by atoms with Gasteiger partial charge in [0.05, 0.1) is 11.2 Å². The predicted molar refractivity (Wildman–Crippen MR) is 130 cm³/mol. The zero-order valence-corrected chi connectivity index (χ0v) is 21.5. The molecule has 0 heterocycles. The van der Waals surface area contributed by atoms with E-state index in [1.165, 1.54) is 77.0 Å². The zero-order chi connectivity index (χ0) is 23.1. The van der Waals surface area contributed by atoms with Crippen molar-refractivity contribution in [1.82, 2.24) is 0 Å². The van der Waals surface area contributed by atoms with E-state index in [4.69, 9.17) is 9.47 Å². The van der Waals surface area contributed by atoms with E-state index in [9.17, 15) is 4.79 Å². The summed E-state index contributed by atoms with van der Waals surface area (Å²) in [7, 11) is 0. The van der Waals surface area contributed by atoms with Crippen LogP contribution in [0, 0.1) is 35.0 Å². The van der Waals surface area contributed by atoms with Crippen LogP contribution < -0.4 is 0 Å². The fraction of sp³-hybridized carbons (Fsp3) is 0.897. The lowest BCUT2D eigenvalue weighted by Gasteiger charge is -2.38. The molecule has 5 fully saturated rings. The van der Waals surface area contributed by atoms with Gasteiger partial charge in [-0.05, 0) is 122 Å². The second kappa shape index (κ2) is 8.99. The number of ether oxygens (including phenoxy) is 2. The van der Waals surface area contributed by atoms with Gasteiger partial charge in [-0.25, -0.2) is 0 Å². The Hall–Kier alpha value is -0.990. The maximum atomic E-state index is 11.9. The first-order chi connectivity index (χ1) is 15.0. The maximum Gasteiger partial charge on any atom is 0.311 e. The summed E-state index contributed by atoms with van der Waals surface area (Å²) in [6, 6.07) is 0. The molecular weight excluding hydrogens is 396 g/mol. The highest BCUT2D eigenvalue weighted by Crippen LogP contribution is 2.54. The van der Waals surface area contributed by atoms with Crippen LogP contribution in [0.5, 0.6) is 0 Å². The summed E-state index contributed by atoms with van der Waals surface area (Å²) in [5.41, 5.74) is -0.393. The number of fused-ring (bicyclic) bond motifs is 4. The minimum absolute atomic E-state index is 0.0439. The summed E-state index contributed by atoms with van der Waals surface area (Å²) >= 11 is 0. The predicted octanol–water partition coefficient (Wildman–Crippen LogP) is 7.83. The molecule has 5 rings (SSSR count). The SMILES string of the molecule is C=C(OC1(C)CC2CCC1C2)C1CCCCC1.CC(C)(C)C(=O)OC1(C)CC2CCC1C2. The summed E-state index contributed by atoms with van der Waals surface area (Å²) in [6.07, 6.45) is 17.2. The van der Waals surface area contributed by atoms with Crippen molar-refractivity contribution in [2.24, 2.45) is 35.0 Å².